The molecule has 4 heteroatoms. The summed E-state index contributed by atoms with van der Waals surface area (Å²) >= 11 is 0. The molecule has 19 heavy (non-hydrogen) atoms. The molecule has 0 amide bonds. The van der Waals surface area contributed by atoms with Crippen LogP contribution in [0.4, 0.5) is 5.82 Å². The van der Waals surface area contributed by atoms with Crippen molar-refractivity contribution in [2.24, 2.45) is 0 Å². The zero-order valence-corrected chi connectivity index (χ0v) is 9.77. The number of anilines is 1. The molecule has 0 saturated carbocycles. The summed E-state index contributed by atoms with van der Waals surface area (Å²) in [4.78, 5) is 20.7. The van der Waals surface area contributed by atoms with Crippen LogP contribution in [0.1, 0.15) is 21.7 Å². The molecule has 0 atom stereocenters. The van der Waals surface area contributed by atoms with Crippen LogP contribution >= 0.6 is 0 Å². The summed E-state index contributed by atoms with van der Waals surface area (Å²) in [6.45, 7) is 0. The van der Waals surface area contributed by atoms with E-state index in [1.54, 1.807) is 12.1 Å². The minimum absolute atomic E-state index is 0.165. The topological polar surface area (TPSA) is 54.9 Å². The Morgan fingerprint density at radius 1 is 1.05 bits per heavy atom. The van der Waals surface area contributed by atoms with Crippen LogP contribution in [-0.4, -0.2) is 15.8 Å². The van der Waals surface area contributed by atoms with E-state index in [2.05, 4.69) is 27.2 Å². The van der Waals surface area contributed by atoms with E-state index in [9.17, 15) is 4.79 Å². The van der Waals surface area contributed by atoms with Gasteiger partial charge in [0.2, 0.25) is 5.78 Å². The van der Waals surface area contributed by atoms with E-state index in [1.807, 2.05) is 12.1 Å². The molecule has 1 aliphatic carbocycles. The molecule has 1 heterocycles. The van der Waals surface area contributed by atoms with Gasteiger partial charge in [-0.25, -0.2) is 9.97 Å². The van der Waals surface area contributed by atoms with Gasteiger partial charge in [0.15, 0.2) is 11.5 Å². The lowest BCUT2D eigenvalue weighted by molar-refractivity contribution is 0.103. The molecule has 0 aliphatic heterocycles. The molecule has 3 rings (SSSR count). The smallest absolute Gasteiger partial charge is 0.214 e. The average molecular weight is 245 g/mol. The third kappa shape index (κ3) is 1.48. The summed E-state index contributed by atoms with van der Waals surface area (Å²) in [5.74, 6) is 2.52. The highest BCUT2D eigenvalue weighted by Gasteiger charge is 2.30. The first-order valence-electron chi connectivity index (χ1n) is 5.50. The van der Waals surface area contributed by atoms with Crippen LogP contribution in [-0.2, 0) is 0 Å². The Kier molecular flexibility index (Phi) is 2.30. The fourth-order valence-electron chi connectivity index (χ4n) is 2.05. The van der Waals surface area contributed by atoms with Crippen molar-refractivity contribution in [3.8, 4) is 36.1 Å². The molecule has 0 fully saturated rings. The monoisotopic (exact) mass is 245 g/mol. The van der Waals surface area contributed by atoms with Crippen LogP contribution < -0.4 is 5.32 Å². The Balaban J connectivity index is 2.31. The van der Waals surface area contributed by atoms with E-state index in [4.69, 9.17) is 12.8 Å². The van der Waals surface area contributed by atoms with Crippen molar-refractivity contribution >= 4 is 11.6 Å². The molecular weight excluding hydrogens is 238 g/mol. The zero-order chi connectivity index (χ0) is 13.4. The van der Waals surface area contributed by atoms with Crippen LogP contribution in [0, 0.1) is 24.8 Å². The first-order chi connectivity index (χ1) is 9.26. The molecular formula is C15H7N3O. The highest BCUT2D eigenvalue weighted by Crippen LogP contribution is 2.34. The summed E-state index contributed by atoms with van der Waals surface area (Å²) < 4.78 is 0. The molecule has 1 N–H and O–H groups in total. The van der Waals surface area contributed by atoms with Gasteiger partial charge >= 0.3 is 0 Å². The molecule has 1 aromatic carbocycles. The van der Waals surface area contributed by atoms with Crippen LogP contribution in [0.2, 0.25) is 0 Å². The lowest BCUT2D eigenvalue weighted by atomic mass is 10.1. The standard InChI is InChI=1S/C15H7N3O/c1-3-11-15(16-4-2)18-12-9-7-5-6-8-10(9)14(19)13(12)17-11/h1-2,5-8H,(H,16,18). The fraction of sp³-hybridized carbons (Fsp3) is 0. The molecule has 0 spiro atoms. The van der Waals surface area contributed by atoms with Gasteiger partial charge < -0.3 is 0 Å². The van der Waals surface area contributed by atoms with Crippen LogP contribution in [0.3, 0.4) is 0 Å². The minimum atomic E-state index is -0.165. The quantitative estimate of drug-likeness (QED) is 0.523. The number of carbonyl (C=O) groups excluding carboxylic acids is 1. The fourth-order valence-corrected chi connectivity index (χ4v) is 2.05. The van der Waals surface area contributed by atoms with Gasteiger partial charge in [0, 0.05) is 17.2 Å². The molecule has 4 nitrogen and oxygen atoms in total. The number of terminal acetylenes is 2. The Morgan fingerprint density at radius 2 is 1.79 bits per heavy atom. The maximum Gasteiger partial charge on any atom is 0.214 e. The normalized spacial score (nSPS) is 11.2. The van der Waals surface area contributed by atoms with Crippen LogP contribution in [0.25, 0.3) is 11.3 Å². The molecule has 0 unspecified atom stereocenters. The van der Waals surface area contributed by atoms with E-state index in [0.29, 0.717) is 17.1 Å². The summed E-state index contributed by atoms with van der Waals surface area (Å²) in [5.41, 5.74) is 2.35. The van der Waals surface area contributed by atoms with Gasteiger partial charge in [-0.15, -0.1) is 6.42 Å². The molecule has 1 aliphatic rings. The van der Waals surface area contributed by atoms with Gasteiger partial charge in [0.05, 0.1) is 0 Å². The lowest BCUT2D eigenvalue weighted by Gasteiger charge is -2.04. The highest BCUT2D eigenvalue weighted by molar-refractivity contribution is 6.19. The first kappa shape index (κ1) is 11.0. The summed E-state index contributed by atoms with van der Waals surface area (Å²) in [6, 6.07) is 9.45. The average Bonchev–Trinajstić information content (AvgIpc) is 2.72. The molecule has 88 valence electrons. The Bertz CT molecular complexity index is 794. The van der Waals surface area contributed by atoms with Gasteiger partial charge in [0.1, 0.15) is 11.4 Å². The number of ketones is 1. The van der Waals surface area contributed by atoms with E-state index >= 15 is 0 Å². The second-order valence-corrected chi connectivity index (χ2v) is 3.91. The predicted octanol–water partition coefficient (Wildman–Crippen LogP) is 1.67. The number of fused-ring (bicyclic) bond motifs is 3. The Labute approximate surface area is 109 Å². The van der Waals surface area contributed by atoms with E-state index in [0.717, 1.165) is 5.56 Å². The molecule has 2 aromatic rings. The molecule has 1 aromatic heterocycles. The second kappa shape index (κ2) is 3.97. The highest BCUT2D eigenvalue weighted by atomic mass is 16.1. The Hall–Kier alpha value is -3.11. The number of nitrogens with zero attached hydrogens (tertiary/aromatic N) is 2. The van der Waals surface area contributed by atoms with Gasteiger partial charge in [-0.2, -0.15) is 0 Å². The van der Waals surface area contributed by atoms with Gasteiger partial charge in [-0.05, 0) is 5.92 Å². The first-order valence-corrected chi connectivity index (χ1v) is 5.50. The zero-order valence-electron chi connectivity index (χ0n) is 9.77. The van der Waals surface area contributed by atoms with Crippen LogP contribution in [0.15, 0.2) is 24.3 Å². The largest absolute Gasteiger partial charge is 0.297 e. The van der Waals surface area contributed by atoms with Gasteiger partial charge in [-0.1, -0.05) is 30.7 Å². The summed E-state index contributed by atoms with van der Waals surface area (Å²) in [6.07, 6.45) is 10.5. The van der Waals surface area contributed by atoms with Crippen molar-refractivity contribution < 1.29 is 4.79 Å². The van der Waals surface area contributed by atoms with Crippen molar-refractivity contribution in [2.45, 2.75) is 0 Å². The maximum absolute atomic E-state index is 12.2. The molecule has 0 saturated heterocycles. The minimum Gasteiger partial charge on any atom is -0.297 e. The van der Waals surface area contributed by atoms with E-state index in [1.165, 1.54) is 0 Å². The third-order valence-corrected chi connectivity index (χ3v) is 2.86. The number of aromatic nitrogens is 2. The lowest BCUT2D eigenvalue weighted by Crippen LogP contribution is -2.05. The van der Waals surface area contributed by atoms with Crippen molar-refractivity contribution in [3.05, 3.63) is 41.2 Å². The SMILES string of the molecule is C#CNc1nc2c(nc1C#C)C(=O)c1ccccc1-2. The number of benzene rings is 1. The van der Waals surface area contributed by atoms with Gasteiger partial charge in [-0.3, -0.25) is 10.1 Å². The summed E-state index contributed by atoms with van der Waals surface area (Å²) in [7, 11) is 0. The summed E-state index contributed by atoms with van der Waals surface area (Å²) in [5, 5.41) is 2.60. The molecule has 0 bridgehead atoms. The number of nitrogens with one attached hydrogen (secondary N) is 1. The number of carbonyl (C=O) groups is 1. The van der Waals surface area contributed by atoms with Crippen molar-refractivity contribution in [3.63, 3.8) is 0 Å². The number of hydrogen-bond donors (Lipinski definition) is 1. The van der Waals surface area contributed by atoms with Crippen molar-refractivity contribution in [1.82, 2.24) is 9.97 Å². The van der Waals surface area contributed by atoms with Gasteiger partial charge in [0.25, 0.3) is 0 Å². The third-order valence-electron chi connectivity index (χ3n) is 2.86. The van der Waals surface area contributed by atoms with E-state index in [-0.39, 0.29) is 17.2 Å². The molecule has 0 radical (unpaired) electrons. The number of rotatable bonds is 1. The van der Waals surface area contributed by atoms with Crippen molar-refractivity contribution in [2.75, 3.05) is 5.32 Å². The maximum atomic E-state index is 12.2. The second-order valence-electron chi connectivity index (χ2n) is 3.91. The predicted molar refractivity (Wildman–Crippen MR) is 71.3 cm³/mol. The van der Waals surface area contributed by atoms with E-state index < -0.39 is 0 Å². The number of hydrogen-bond acceptors (Lipinski definition) is 4. The van der Waals surface area contributed by atoms with Crippen LogP contribution in [0.5, 0.6) is 0 Å². The Morgan fingerprint density at radius 3 is 2.47 bits per heavy atom. The van der Waals surface area contributed by atoms with Crippen molar-refractivity contribution in [1.29, 1.82) is 0 Å².